The average molecular weight is 329 g/mol. The molecule has 0 aromatic heterocycles. The van der Waals surface area contributed by atoms with Crippen LogP contribution in [0.1, 0.15) is 36.4 Å². The highest BCUT2D eigenvalue weighted by Gasteiger charge is 2.21. The van der Waals surface area contributed by atoms with Crippen LogP contribution in [0.4, 0.5) is 0 Å². The summed E-state index contributed by atoms with van der Waals surface area (Å²) in [5, 5.41) is 3.64. The Kier molecular flexibility index (Phi) is 4.83. The molecule has 0 heterocycles. The summed E-state index contributed by atoms with van der Waals surface area (Å²) >= 11 is 0. The molecule has 1 atom stereocenters. The lowest BCUT2D eigenvalue weighted by Crippen LogP contribution is -2.31. The molecule has 23 heavy (non-hydrogen) atoms. The van der Waals surface area contributed by atoms with Crippen LogP contribution in [0.5, 0.6) is 0 Å². The number of hydrogen-bond donors (Lipinski definition) is 1. The molecule has 1 N–H and O–H groups in total. The maximum Gasteiger partial charge on any atom is 0.175 e. The van der Waals surface area contributed by atoms with E-state index in [9.17, 15) is 8.42 Å². The van der Waals surface area contributed by atoms with Gasteiger partial charge in [0.25, 0.3) is 0 Å². The van der Waals surface area contributed by atoms with Crippen molar-refractivity contribution in [1.29, 1.82) is 0 Å². The second-order valence-corrected chi connectivity index (χ2v) is 8.41. The largest absolute Gasteiger partial charge is 0.306 e. The van der Waals surface area contributed by atoms with Crippen molar-refractivity contribution in [3.63, 3.8) is 0 Å². The van der Waals surface area contributed by atoms with Crippen molar-refractivity contribution >= 4 is 9.84 Å². The van der Waals surface area contributed by atoms with Gasteiger partial charge >= 0.3 is 0 Å². The van der Waals surface area contributed by atoms with Crippen molar-refractivity contribution in [2.24, 2.45) is 5.92 Å². The van der Waals surface area contributed by atoms with Crippen LogP contribution in [0.25, 0.3) is 0 Å². The summed E-state index contributed by atoms with van der Waals surface area (Å²) in [6.07, 6.45) is 5.16. The number of rotatable bonds is 6. The minimum absolute atomic E-state index is 0.0264. The number of nitrogens with one attached hydrogen (secondary N) is 1. The molecular formula is C19H23NO2S. The van der Waals surface area contributed by atoms with Crippen molar-refractivity contribution < 1.29 is 8.42 Å². The normalized spacial score (nSPS) is 16.7. The molecule has 1 saturated carbocycles. The van der Waals surface area contributed by atoms with Gasteiger partial charge in [-0.3, -0.25) is 0 Å². The summed E-state index contributed by atoms with van der Waals surface area (Å²) in [6.45, 7) is 0.975. The first kappa shape index (κ1) is 16.2. The molecule has 0 spiro atoms. The molecule has 0 radical (unpaired) electrons. The van der Waals surface area contributed by atoms with E-state index in [1.807, 2.05) is 30.3 Å². The van der Waals surface area contributed by atoms with Crippen LogP contribution < -0.4 is 5.32 Å². The zero-order chi connectivity index (χ0) is 16.3. The standard InChI is InChI=1S/C19H23NO2S/c1-23(21,22)18-12-6-11-17(13-18)19(16-9-3-2-4-10-16)20-14-15-7-5-8-15/h2-4,6,9-13,15,19-20H,5,7-8,14H2,1H3. The molecule has 3 nitrogen and oxygen atoms in total. The first-order valence-electron chi connectivity index (χ1n) is 8.12. The smallest absolute Gasteiger partial charge is 0.175 e. The van der Waals surface area contributed by atoms with Gasteiger partial charge in [0.2, 0.25) is 0 Å². The summed E-state index contributed by atoms with van der Waals surface area (Å²) < 4.78 is 23.7. The summed E-state index contributed by atoms with van der Waals surface area (Å²) in [5.74, 6) is 0.749. The lowest BCUT2D eigenvalue weighted by molar-refractivity contribution is 0.295. The van der Waals surface area contributed by atoms with Gasteiger partial charge in [-0.15, -0.1) is 0 Å². The Hall–Kier alpha value is -1.65. The lowest BCUT2D eigenvalue weighted by atomic mass is 9.85. The van der Waals surface area contributed by atoms with Gasteiger partial charge in [-0.1, -0.05) is 48.9 Å². The Labute approximate surface area is 138 Å². The van der Waals surface area contributed by atoms with E-state index < -0.39 is 9.84 Å². The topological polar surface area (TPSA) is 46.2 Å². The zero-order valence-corrected chi connectivity index (χ0v) is 14.2. The molecule has 2 aromatic rings. The molecule has 3 rings (SSSR count). The highest BCUT2D eigenvalue weighted by atomic mass is 32.2. The summed E-state index contributed by atoms with van der Waals surface area (Å²) in [5.41, 5.74) is 2.16. The number of sulfone groups is 1. The van der Waals surface area contributed by atoms with Crippen molar-refractivity contribution in [2.75, 3.05) is 12.8 Å². The predicted octanol–water partition coefficient (Wildman–Crippen LogP) is 3.57. The maximum atomic E-state index is 11.8. The number of hydrogen-bond acceptors (Lipinski definition) is 3. The van der Waals surface area contributed by atoms with Gasteiger partial charge in [0.15, 0.2) is 9.84 Å². The Morgan fingerprint density at radius 3 is 2.35 bits per heavy atom. The highest BCUT2D eigenvalue weighted by Crippen LogP contribution is 2.28. The second kappa shape index (κ2) is 6.85. The van der Waals surface area contributed by atoms with Crippen LogP contribution in [-0.2, 0) is 9.84 Å². The minimum atomic E-state index is -3.19. The van der Waals surface area contributed by atoms with E-state index in [1.165, 1.54) is 25.5 Å². The Bertz CT molecular complexity index is 752. The molecule has 0 bridgehead atoms. The monoisotopic (exact) mass is 329 g/mol. The Morgan fingerprint density at radius 1 is 1.04 bits per heavy atom. The quantitative estimate of drug-likeness (QED) is 0.881. The molecule has 122 valence electrons. The van der Waals surface area contributed by atoms with Gasteiger partial charge in [0, 0.05) is 6.26 Å². The molecule has 1 unspecified atom stereocenters. The van der Waals surface area contributed by atoms with E-state index in [2.05, 4.69) is 17.4 Å². The third-order valence-electron chi connectivity index (χ3n) is 4.59. The van der Waals surface area contributed by atoms with Crippen LogP contribution in [0.15, 0.2) is 59.5 Å². The van der Waals surface area contributed by atoms with Gasteiger partial charge in [-0.2, -0.15) is 0 Å². The highest BCUT2D eigenvalue weighted by molar-refractivity contribution is 7.90. The van der Waals surface area contributed by atoms with Crippen molar-refractivity contribution in [3.05, 3.63) is 65.7 Å². The molecule has 2 aromatic carbocycles. The SMILES string of the molecule is CS(=O)(=O)c1cccc(C(NCC2CCC2)c2ccccc2)c1. The summed E-state index contributed by atoms with van der Waals surface area (Å²) in [4.78, 5) is 0.376. The predicted molar refractivity (Wildman–Crippen MR) is 93.2 cm³/mol. The lowest BCUT2D eigenvalue weighted by Gasteiger charge is -2.29. The van der Waals surface area contributed by atoms with Crippen LogP contribution in [0.2, 0.25) is 0 Å². The van der Waals surface area contributed by atoms with Crippen molar-refractivity contribution in [3.8, 4) is 0 Å². The van der Waals surface area contributed by atoms with Crippen LogP contribution >= 0.6 is 0 Å². The molecule has 1 aliphatic carbocycles. The van der Waals surface area contributed by atoms with E-state index in [4.69, 9.17) is 0 Å². The molecular weight excluding hydrogens is 306 g/mol. The third-order valence-corrected chi connectivity index (χ3v) is 5.70. The average Bonchev–Trinajstić information content (AvgIpc) is 2.50. The maximum absolute atomic E-state index is 11.8. The van der Waals surface area contributed by atoms with Crippen LogP contribution in [-0.4, -0.2) is 21.2 Å². The van der Waals surface area contributed by atoms with Gasteiger partial charge < -0.3 is 5.32 Å². The third kappa shape index (κ3) is 4.01. The van der Waals surface area contributed by atoms with Crippen LogP contribution in [0, 0.1) is 5.92 Å². The summed E-state index contributed by atoms with van der Waals surface area (Å²) in [7, 11) is -3.19. The fraction of sp³-hybridized carbons (Fsp3) is 0.368. The van der Waals surface area contributed by atoms with E-state index in [1.54, 1.807) is 12.1 Å². The summed E-state index contributed by atoms with van der Waals surface area (Å²) in [6, 6.07) is 17.5. The molecule has 0 amide bonds. The van der Waals surface area contributed by atoms with Crippen molar-refractivity contribution in [1.82, 2.24) is 5.32 Å². The molecule has 1 fully saturated rings. The van der Waals surface area contributed by atoms with E-state index in [0.29, 0.717) is 4.90 Å². The van der Waals surface area contributed by atoms with Gasteiger partial charge in [0.1, 0.15) is 0 Å². The van der Waals surface area contributed by atoms with E-state index in [0.717, 1.165) is 23.6 Å². The second-order valence-electron chi connectivity index (χ2n) is 6.39. The Balaban J connectivity index is 1.90. The van der Waals surface area contributed by atoms with E-state index >= 15 is 0 Å². The van der Waals surface area contributed by atoms with Crippen molar-refractivity contribution in [2.45, 2.75) is 30.2 Å². The van der Waals surface area contributed by atoms with Gasteiger partial charge in [-0.05, 0) is 48.6 Å². The molecule has 0 saturated heterocycles. The Morgan fingerprint density at radius 2 is 1.74 bits per heavy atom. The zero-order valence-electron chi connectivity index (χ0n) is 13.4. The fourth-order valence-electron chi connectivity index (χ4n) is 2.98. The first-order chi connectivity index (χ1) is 11.0. The molecule has 0 aliphatic heterocycles. The van der Waals surface area contributed by atoms with Crippen LogP contribution in [0.3, 0.4) is 0 Å². The van der Waals surface area contributed by atoms with E-state index in [-0.39, 0.29) is 6.04 Å². The molecule has 4 heteroatoms. The number of benzene rings is 2. The first-order valence-corrected chi connectivity index (χ1v) is 10.0. The van der Waals surface area contributed by atoms with Gasteiger partial charge in [-0.25, -0.2) is 8.42 Å². The minimum Gasteiger partial charge on any atom is -0.306 e. The molecule has 1 aliphatic rings. The van der Waals surface area contributed by atoms with Gasteiger partial charge in [0.05, 0.1) is 10.9 Å². The fourth-order valence-corrected chi connectivity index (χ4v) is 3.66.